The number of carbonyl (C=O) groups is 1. The molecule has 1 aromatic carbocycles. The Morgan fingerprint density at radius 1 is 1.06 bits per heavy atom. The van der Waals surface area contributed by atoms with E-state index in [0.29, 0.717) is 13.0 Å². The van der Waals surface area contributed by atoms with Gasteiger partial charge in [-0.2, -0.15) is 4.31 Å². The highest BCUT2D eigenvalue weighted by Crippen LogP contribution is 2.28. The summed E-state index contributed by atoms with van der Waals surface area (Å²) in [4.78, 5) is 12.2. The fourth-order valence-electron chi connectivity index (χ4n) is 4.12. The van der Waals surface area contributed by atoms with Crippen molar-refractivity contribution in [2.75, 3.05) is 13.1 Å². The van der Waals surface area contributed by atoms with E-state index in [1.165, 1.54) is 10.7 Å². The zero-order valence-electron chi connectivity index (χ0n) is 17.2. The fraction of sp³-hybridized carbons (Fsp3) is 0.650. The van der Waals surface area contributed by atoms with Crippen molar-refractivity contribution in [3.8, 4) is 5.75 Å². The zero-order chi connectivity index (χ0) is 22.5. The Morgan fingerprint density at radius 2 is 1.74 bits per heavy atom. The molecule has 2 N–H and O–H groups in total. The molecule has 0 spiro atoms. The third-order valence-electron chi connectivity index (χ3n) is 5.67. The van der Waals surface area contributed by atoms with Crippen molar-refractivity contribution in [3.63, 3.8) is 0 Å². The lowest BCUT2D eigenvalue weighted by atomic mass is 9.95. The van der Waals surface area contributed by atoms with Crippen molar-refractivity contribution in [2.45, 2.75) is 68.7 Å². The highest BCUT2D eigenvalue weighted by Gasteiger charge is 2.33. The summed E-state index contributed by atoms with van der Waals surface area (Å²) in [5, 5.41) is 0. The van der Waals surface area contributed by atoms with Gasteiger partial charge in [0.15, 0.2) is 0 Å². The quantitative estimate of drug-likeness (QED) is 0.606. The number of amides is 1. The number of halogens is 3. The van der Waals surface area contributed by atoms with Crippen LogP contribution >= 0.6 is 0 Å². The number of nitrogens with zero attached hydrogens (tertiary/aromatic N) is 1. The molecular weight excluding hydrogens is 435 g/mol. The van der Waals surface area contributed by atoms with Gasteiger partial charge in [-0.25, -0.2) is 13.8 Å². The number of hydrogen-bond donors (Lipinski definition) is 2. The Balaban J connectivity index is 1.54. The molecule has 11 heteroatoms. The van der Waals surface area contributed by atoms with E-state index in [1.807, 2.05) is 0 Å². The van der Waals surface area contributed by atoms with Crippen LogP contribution in [-0.2, 0) is 14.8 Å². The van der Waals surface area contributed by atoms with Gasteiger partial charge in [-0.1, -0.05) is 19.3 Å². The molecular formula is C20H28F3N3O4S. The van der Waals surface area contributed by atoms with Gasteiger partial charge in [0.25, 0.3) is 0 Å². The monoisotopic (exact) mass is 463 g/mol. The lowest BCUT2D eigenvalue weighted by Gasteiger charge is -2.32. The van der Waals surface area contributed by atoms with Crippen LogP contribution in [0.25, 0.3) is 0 Å². The maximum absolute atomic E-state index is 12.9. The first-order valence-electron chi connectivity index (χ1n) is 10.5. The normalized spacial score (nSPS) is 21.6. The number of nitrogens with one attached hydrogen (secondary N) is 2. The van der Waals surface area contributed by atoms with Gasteiger partial charge in [0.05, 0.1) is 4.90 Å². The van der Waals surface area contributed by atoms with Gasteiger partial charge in [-0.15, -0.1) is 13.2 Å². The molecule has 7 nitrogen and oxygen atoms in total. The molecule has 1 heterocycles. The van der Waals surface area contributed by atoms with Crippen LogP contribution in [-0.4, -0.2) is 44.1 Å². The summed E-state index contributed by atoms with van der Waals surface area (Å²) in [6.07, 6.45) is 2.29. The second kappa shape index (κ2) is 10.2. The molecule has 2 fully saturated rings. The highest BCUT2D eigenvalue weighted by atomic mass is 32.2. The Hall–Kier alpha value is -1.85. The van der Waals surface area contributed by atoms with E-state index < -0.39 is 22.1 Å². The summed E-state index contributed by atoms with van der Waals surface area (Å²) in [6.45, 7) is 0.502. The third-order valence-corrected chi connectivity index (χ3v) is 7.55. The van der Waals surface area contributed by atoms with Gasteiger partial charge >= 0.3 is 6.36 Å². The van der Waals surface area contributed by atoms with Crippen molar-refractivity contribution in [3.05, 3.63) is 24.3 Å². The number of carbonyl (C=O) groups excluding carboxylic acids is 1. The van der Waals surface area contributed by atoms with Gasteiger partial charge < -0.3 is 4.74 Å². The maximum Gasteiger partial charge on any atom is 0.573 e. The number of alkyl halides is 3. The lowest BCUT2D eigenvalue weighted by molar-refractivity contribution is -0.274. The van der Waals surface area contributed by atoms with Crippen molar-refractivity contribution >= 4 is 15.9 Å². The van der Waals surface area contributed by atoms with E-state index in [4.69, 9.17) is 0 Å². The van der Waals surface area contributed by atoms with Crippen LogP contribution in [0.1, 0.15) is 51.4 Å². The number of benzene rings is 1. The molecule has 1 aromatic rings. The maximum atomic E-state index is 12.9. The van der Waals surface area contributed by atoms with E-state index >= 15 is 0 Å². The second-order valence-corrected chi connectivity index (χ2v) is 10.1. The first-order chi connectivity index (χ1) is 14.6. The minimum Gasteiger partial charge on any atom is -0.406 e. The minimum absolute atomic E-state index is 0.105. The molecule has 1 saturated carbocycles. The van der Waals surface area contributed by atoms with Gasteiger partial charge in [0.1, 0.15) is 5.75 Å². The molecule has 2 aliphatic rings. The van der Waals surface area contributed by atoms with Crippen molar-refractivity contribution in [2.24, 2.45) is 5.92 Å². The van der Waals surface area contributed by atoms with Crippen LogP contribution < -0.4 is 15.6 Å². The standard InChI is InChI=1S/C20H28F3N3O4S/c21-20(22,23)30-17-8-10-18(11-9-17)31(28,29)26-12-4-5-15(14-26)13-19(27)25-24-16-6-2-1-3-7-16/h8-11,15-16,24H,1-7,12-14H2,(H,25,27). The largest absolute Gasteiger partial charge is 0.573 e. The SMILES string of the molecule is O=C(CC1CCCN(S(=O)(=O)c2ccc(OC(F)(F)F)cc2)C1)NNC1CCCCC1. The molecule has 1 aliphatic carbocycles. The third kappa shape index (κ3) is 7.08. The number of hydrogen-bond acceptors (Lipinski definition) is 5. The number of hydrazine groups is 1. The van der Waals surface area contributed by atoms with Crippen molar-refractivity contribution in [1.29, 1.82) is 0 Å². The summed E-state index contributed by atoms with van der Waals surface area (Å²) < 4.78 is 67.7. The smallest absolute Gasteiger partial charge is 0.406 e. The molecule has 1 atom stereocenters. The summed E-state index contributed by atoms with van der Waals surface area (Å²) in [5.41, 5.74) is 5.82. The number of rotatable bonds is 7. The van der Waals surface area contributed by atoms with Crippen LogP contribution in [0, 0.1) is 5.92 Å². The molecule has 1 amide bonds. The van der Waals surface area contributed by atoms with Crippen LogP contribution in [0.5, 0.6) is 5.75 Å². The second-order valence-electron chi connectivity index (χ2n) is 8.12. The van der Waals surface area contributed by atoms with Crippen LogP contribution in [0.15, 0.2) is 29.2 Å². The summed E-state index contributed by atoms with van der Waals surface area (Å²) in [6, 6.07) is 4.44. The average molecular weight is 464 g/mol. The Kier molecular flexibility index (Phi) is 7.82. The average Bonchev–Trinajstić information content (AvgIpc) is 2.72. The topological polar surface area (TPSA) is 87.7 Å². The van der Waals surface area contributed by atoms with E-state index in [2.05, 4.69) is 15.6 Å². The lowest BCUT2D eigenvalue weighted by Crippen LogP contribution is -2.47. The van der Waals surface area contributed by atoms with Gasteiger partial charge in [0, 0.05) is 25.6 Å². The zero-order valence-corrected chi connectivity index (χ0v) is 18.0. The Bertz CT molecular complexity index is 840. The molecule has 3 rings (SSSR count). The highest BCUT2D eigenvalue weighted by molar-refractivity contribution is 7.89. The Labute approximate surface area is 180 Å². The molecule has 31 heavy (non-hydrogen) atoms. The van der Waals surface area contributed by atoms with Crippen LogP contribution in [0.3, 0.4) is 0 Å². The molecule has 1 aliphatic heterocycles. The van der Waals surface area contributed by atoms with Crippen LogP contribution in [0.4, 0.5) is 13.2 Å². The summed E-state index contributed by atoms with van der Waals surface area (Å²) >= 11 is 0. The fourth-order valence-corrected chi connectivity index (χ4v) is 5.67. The van der Waals surface area contributed by atoms with Gasteiger partial charge in [-0.3, -0.25) is 10.2 Å². The number of ether oxygens (including phenoxy) is 1. The predicted octanol–water partition coefficient (Wildman–Crippen LogP) is 3.33. The van der Waals surface area contributed by atoms with E-state index in [0.717, 1.165) is 56.4 Å². The molecule has 0 bridgehead atoms. The van der Waals surface area contributed by atoms with Crippen LogP contribution in [0.2, 0.25) is 0 Å². The molecule has 1 unspecified atom stereocenters. The molecule has 174 valence electrons. The summed E-state index contributed by atoms with van der Waals surface area (Å²) in [5.74, 6) is -0.766. The van der Waals surface area contributed by atoms with E-state index in [1.54, 1.807) is 0 Å². The molecule has 0 aromatic heterocycles. The number of sulfonamides is 1. The number of piperidine rings is 1. The van der Waals surface area contributed by atoms with E-state index in [-0.39, 0.29) is 35.7 Å². The first-order valence-corrected chi connectivity index (χ1v) is 12.0. The predicted molar refractivity (Wildman–Crippen MR) is 107 cm³/mol. The van der Waals surface area contributed by atoms with Crippen molar-refractivity contribution in [1.82, 2.24) is 15.2 Å². The van der Waals surface area contributed by atoms with Gasteiger partial charge in [0.2, 0.25) is 15.9 Å². The summed E-state index contributed by atoms with van der Waals surface area (Å²) in [7, 11) is -3.87. The molecule has 0 radical (unpaired) electrons. The molecule has 1 saturated heterocycles. The van der Waals surface area contributed by atoms with Crippen molar-refractivity contribution < 1.29 is 31.1 Å². The first kappa shape index (κ1) is 23.8. The van der Waals surface area contributed by atoms with E-state index in [9.17, 15) is 26.4 Å². The van der Waals surface area contributed by atoms with Gasteiger partial charge in [-0.05, 0) is 55.9 Å². The minimum atomic E-state index is -4.84. The Morgan fingerprint density at radius 3 is 2.39 bits per heavy atom.